The molecule has 4 rings (SSSR count). The molecule has 178 valence electrons. The number of fused-ring (bicyclic) bond motifs is 1. The van der Waals surface area contributed by atoms with Crippen molar-refractivity contribution >= 4 is 57.1 Å². The topological polar surface area (TPSA) is 82.1 Å². The second-order valence-electron chi connectivity index (χ2n) is 8.52. The van der Waals surface area contributed by atoms with Crippen LogP contribution in [0.15, 0.2) is 41.4 Å². The van der Waals surface area contributed by atoms with Gasteiger partial charge in [-0.05, 0) is 56.7 Å². The van der Waals surface area contributed by atoms with Crippen LogP contribution in [0.1, 0.15) is 29.2 Å². The maximum Gasteiger partial charge on any atom is 0.333 e. The van der Waals surface area contributed by atoms with Gasteiger partial charge in [-0.15, -0.1) is 11.8 Å². The third kappa shape index (κ3) is 4.72. The lowest BCUT2D eigenvalue weighted by Crippen LogP contribution is -2.63. The van der Waals surface area contributed by atoms with E-state index in [0.717, 1.165) is 38.1 Å². The van der Waals surface area contributed by atoms with Gasteiger partial charge in [0.25, 0.3) is 5.91 Å². The molecule has 2 unspecified atom stereocenters. The zero-order valence-electron chi connectivity index (χ0n) is 19.9. The highest BCUT2D eigenvalue weighted by Crippen LogP contribution is 2.39. The summed E-state index contributed by atoms with van der Waals surface area (Å²) in [6, 6.07) is 10.7. The van der Waals surface area contributed by atoms with Gasteiger partial charge in [-0.25, -0.2) is 14.7 Å². The van der Waals surface area contributed by atoms with E-state index >= 15 is 0 Å². The Morgan fingerprint density at radius 1 is 1.06 bits per heavy atom. The molecule has 4 amide bonds. The Hall–Kier alpha value is -2.78. The lowest BCUT2D eigenvalue weighted by Gasteiger charge is -2.39. The quantitative estimate of drug-likeness (QED) is 0.638. The first-order chi connectivity index (χ1) is 16.2. The molecule has 0 radical (unpaired) electrons. The molecule has 1 N–H and O–H groups in total. The maximum atomic E-state index is 13.6. The van der Waals surface area contributed by atoms with E-state index in [9.17, 15) is 14.4 Å². The molecule has 2 heterocycles. The van der Waals surface area contributed by atoms with Crippen molar-refractivity contribution in [2.75, 3.05) is 22.5 Å². The third-order valence-corrected chi connectivity index (χ3v) is 8.06. The summed E-state index contributed by atoms with van der Waals surface area (Å²) in [5.74, 6) is 0.181. The molecule has 9 heteroatoms. The van der Waals surface area contributed by atoms with E-state index in [1.807, 2.05) is 58.9 Å². The van der Waals surface area contributed by atoms with E-state index in [2.05, 4.69) is 10.3 Å². The molecular weight excluding hydrogens is 468 g/mol. The molecule has 0 spiro atoms. The summed E-state index contributed by atoms with van der Waals surface area (Å²) in [7, 11) is 0. The van der Waals surface area contributed by atoms with Crippen molar-refractivity contribution < 1.29 is 14.4 Å². The van der Waals surface area contributed by atoms with Crippen molar-refractivity contribution in [2.24, 2.45) is 4.99 Å². The van der Waals surface area contributed by atoms with Gasteiger partial charge in [-0.2, -0.15) is 0 Å². The monoisotopic (exact) mass is 496 g/mol. The Kier molecular flexibility index (Phi) is 7.04. The molecule has 0 bridgehead atoms. The van der Waals surface area contributed by atoms with Gasteiger partial charge in [-0.1, -0.05) is 54.1 Å². The van der Waals surface area contributed by atoms with Crippen LogP contribution in [0.4, 0.5) is 16.2 Å². The van der Waals surface area contributed by atoms with Crippen LogP contribution in [0.3, 0.4) is 0 Å². The summed E-state index contributed by atoms with van der Waals surface area (Å²) in [6.45, 7) is 9.66. The summed E-state index contributed by atoms with van der Waals surface area (Å²) in [5, 5.41) is 2.39. The van der Waals surface area contributed by atoms with E-state index in [1.165, 1.54) is 33.3 Å². The number of carbonyl (C=O) groups is 3. The van der Waals surface area contributed by atoms with Crippen LogP contribution in [0.25, 0.3) is 0 Å². The van der Waals surface area contributed by atoms with E-state index in [0.29, 0.717) is 5.69 Å². The average molecular weight is 497 g/mol. The molecule has 34 heavy (non-hydrogen) atoms. The van der Waals surface area contributed by atoms with E-state index < -0.39 is 17.4 Å². The molecule has 7 nitrogen and oxygen atoms in total. The molecule has 1 fully saturated rings. The highest BCUT2D eigenvalue weighted by molar-refractivity contribution is 8.39. The SMILES string of the molecule is CCSC1=NC2C(S1)C(=O)N(c1ccc(C)cc1)C(=O)N2CC(=O)Nc1c(C)cc(C)cc1C. The van der Waals surface area contributed by atoms with Crippen LogP contribution >= 0.6 is 23.5 Å². The average Bonchev–Trinajstić information content (AvgIpc) is 3.19. The van der Waals surface area contributed by atoms with Gasteiger partial charge in [0.1, 0.15) is 22.3 Å². The van der Waals surface area contributed by atoms with Crippen molar-refractivity contribution in [2.45, 2.75) is 46.0 Å². The molecule has 2 aromatic carbocycles. The molecule has 0 aromatic heterocycles. The minimum Gasteiger partial charge on any atom is -0.324 e. The minimum absolute atomic E-state index is 0.198. The maximum absolute atomic E-state index is 13.6. The number of rotatable bonds is 5. The van der Waals surface area contributed by atoms with Crippen LogP contribution in [-0.4, -0.2) is 50.8 Å². The second-order valence-corrected chi connectivity index (χ2v) is 11.2. The number of benzene rings is 2. The largest absolute Gasteiger partial charge is 0.333 e. The van der Waals surface area contributed by atoms with Gasteiger partial charge < -0.3 is 5.32 Å². The van der Waals surface area contributed by atoms with Crippen molar-refractivity contribution in [3.05, 3.63) is 58.7 Å². The van der Waals surface area contributed by atoms with Crippen LogP contribution in [0, 0.1) is 27.7 Å². The second kappa shape index (κ2) is 9.84. The van der Waals surface area contributed by atoms with Crippen molar-refractivity contribution in [1.29, 1.82) is 0 Å². The zero-order chi connectivity index (χ0) is 24.6. The van der Waals surface area contributed by atoms with Crippen LogP contribution in [0.5, 0.6) is 0 Å². The van der Waals surface area contributed by atoms with Gasteiger partial charge in [0.15, 0.2) is 0 Å². The number of aryl methyl sites for hydroxylation is 4. The number of imide groups is 1. The summed E-state index contributed by atoms with van der Waals surface area (Å²) in [6.07, 6.45) is -0.702. The number of amides is 4. The number of anilines is 2. The predicted octanol–water partition coefficient (Wildman–Crippen LogP) is 4.88. The first kappa shape index (κ1) is 24.3. The van der Waals surface area contributed by atoms with Gasteiger partial charge in [0.05, 0.1) is 5.69 Å². The normalized spacial score (nSPS) is 19.9. The summed E-state index contributed by atoms with van der Waals surface area (Å²) >= 11 is 2.91. The van der Waals surface area contributed by atoms with Crippen molar-refractivity contribution in [3.8, 4) is 0 Å². The van der Waals surface area contributed by atoms with Gasteiger partial charge in [0, 0.05) is 5.69 Å². The predicted molar refractivity (Wildman–Crippen MR) is 141 cm³/mol. The number of urea groups is 1. The van der Waals surface area contributed by atoms with Crippen molar-refractivity contribution in [3.63, 3.8) is 0 Å². The molecule has 0 saturated carbocycles. The third-order valence-electron chi connectivity index (χ3n) is 5.77. The number of nitrogens with zero attached hydrogens (tertiary/aromatic N) is 3. The summed E-state index contributed by atoms with van der Waals surface area (Å²) in [4.78, 5) is 47.3. The number of hydrogen-bond donors (Lipinski definition) is 1. The Balaban J connectivity index is 1.64. The van der Waals surface area contributed by atoms with Gasteiger partial charge in [0.2, 0.25) is 5.91 Å². The smallest absolute Gasteiger partial charge is 0.324 e. The molecule has 2 aliphatic heterocycles. The Morgan fingerprint density at radius 2 is 1.71 bits per heavy atom. The molecule has 2 aromatic rings. The lowest BCUT2D eigenvalue weighted by atomic mass is 10.1. The fourth-order valence-corrected chi connectivity index (χ4v) is 6.54. The van der Waals surface area contributed by atoms with E-state index in [-0.39, 0.29) is 18.4 Å². The van der Waals surface area contributed by atoms with Crippen molar-refractivity contribution in [1.82, 2.24) is 4.90 Å². The van der Waals surface area contributed by atoms with Crippen LogP contribution in [0.2, 0.25) is 0 Å². The zero-order valence-corrected chi connectivity index (χ0v) is 21.5. The number of aliphatic imine (C=N–C) groups is 1. The van der Waals surface area contributed by atoms with Gasteiger partial charge in [-0.3, -0.25) is 14.5 Å². The lowest BCUT2D eigenvalue weighted by molar-refractivity contribution is -0.122. The van der Waals surface area contributed by atoms with E-state index in [4.69, 9.17) is 0 Å². The molecule has 2 aliphatic rings. The van der Waals surface area contributed by atoms with Gasteiger partial charge >= 0.3 is 6.03 Å². The Morgan fingerprint density at radius 3 is 2.32 bits per heavy atom. The minimum atomic E-state index is -0.702. The number of hydrogen-bond acceptors (Lipinski definition) is 6. The molecule has 1 saturated heterocycles. The Labute approximate surface area is 208 Å². The molecule has 0 aliphatic carbocycles. The van der Waals surface area contributed by atoms with E-state index in [1.54, 1.807) is 12.1 Å². The molecule has 2 atom stereocenters. The number of thioether (sulfide) groups is 2. The standard InChI is InChI=1S/C25H28N4O3S2/c1-6-33-24-27-22-21(34-24)23(31)29(18-9-7-14(2)8-10-18)25(32)28(22)13-19(30)26-20-16(4)11-15(3)12-17(20)5/h7-12,21-22H,6,13H2,1-5H3,(H,26,30). The highest BCUT2D eigenvalue weighted by Gasteiger charge is 2.51. The van der Waals surface area contributed by atoms with Crippen LogP contribution < -0.4 is 10.2 Å². The fraction of sp³-hybridized carbons (Fsp3) is 0.360. The number of nitrogens with one attached hydrogen (secondary N) is 1. The first-order valence-corrected chi connectivity index (χ1v) is 13.0. The first-order valence-electron chi connectivity index (χ1n) is 11.2. The summed E-state index contributed by atoms with van der Waals surface area (Å²) < 4.78 is 0.764. The fourth-order valence-electron chi connectivity index (χ4n) is 4.25. The molecular formula is C25H28N4O3S2. The Bertz CT molecular complexity index is 1160. The van der Waals surface area contributed by atoms with Crippen LogP contribution in [-0.2, 0) is 9.59 Å². The highest BCUT2D eigenvalue weighted by atomic mass is 32.2. The number of carbonyl (C=O) groups excluding carboxylic acids is 3. The summed E-state index contributed by atoms with van der Waals surface area (Å²) in [5.41, 5.74) is 5.30.